The van der Waals surface area contributed by atoms with Crippen molar-refractivity contribution in [3.8, 4) is 52.2 Å². The van der Waals surface area contributed by atoms with Crippen molar-refractivity contribution < 1.29 is 81.7 Å². The number of carboxylic acids is 1. The molecule has 116 heavy (non-hydrogen) atoms. The number of rotatable bonds is 24. The fourth-order valence-corrected chi connectivity index (χ4v) is 12.4. The van der Waals surface area contributed by atoms with Crippen molar-refractivity contribution in [2.75, 3.05) is 13.2 Å². The Bertz CT molecular complexity index is 5990. The highest BCUT2D eigenvalue weighted by molar-refractivity contribution is 5.99. The second-order valence-electron chi connectivity index (χ2n) is 27.9. The van der Waals surface area contributed by atoms with E-state index in [0.717, 1.165) is 96.5 Å². The number of halogens is 1. The smallest absolute Gasteiger partial charge is 0.337 e. The van der Waals surface area contributed by atoms with E-state index in [2.05, 4.69) is 81.8 Å². The highest BCUT2D eigenvalue weighted by atomic mass is 35.5. The van der Waals surface area contributed by atoms with Crippen LogP contribution in [0.1, 0.15) is 153 Å². The zero-order valence-corrected chi connectivity index (χ0v) is 62.9. The first-order valence-corrected chi connectivity index (χ1v) is 37.7. The standard InChI is InChI=1S/C28H27N7O5.C25H22N6O6.C23H19N7O4.C3H7N.ClH.4H2/c36-27(30-18-10-11-18)17-8-9-19(29-14-17)15-39-28-22-6-2-1-5-21(22)25-31-32-26(35(25)33-28)23-13-20(40-34-23)16-38-24-7-3-4-12-37-24;32-25(33)15-8-9-16(26-12-15)13-36-24-19-6-2-1-5-18(19)22-27-28-23(31(22)29-24)20-11-17(37-30-20)14-35-21-7-3-4-10-34-21;31-11-16-9-19(29-34-16)21-27-26-20-17-3-1-2-4-18(17)23(28-30(20)21)33-12-15-6-5-13(10-24-15)22(32)25-14-7-8-14;4-3-1-2-3;;;;;/h1-2,5-6,8-9,13-14,18,24H,3-4,7,10-12,15-16H2,(H,30,36);1-2,5-6,8-9,11-12,21H,3-4,7,10,13-14H2,(H,32,33);1-6,9-10,14,31H,7-8,11-12H2,(H,25,32);3H,1-2,4H2;5*1H/i;;;;;3*1+1D;1+1. The number of fused-ring (bicyclic) bond motifs is 9. The Kier molecular flexibility index (Phi) is 22.2. The zero-order chi connectivity index (χ0) is 84.1. The van der Waals surface area contributed by atoms with Crippen LogP contribution in [0.15, 0.2) is 160 Å². The van der Waals surface area contributed by atoms with E-state index in [-0.39, 0.29) is 83.4 Å². The molecule has 5 aliphatic rings. The molecule has 0 spiro atoms. The molecule has 2 saturated heterocycles. The minimum atomic E-state index is -1.04. The Morgan fingerprint density at radius 3 is 1.12 bits per heavy atom. The lowest BCUT2D eigenvalue weighted by Crippen LogP contribution is -2.25. The maximum atomic E-state index is 12.3. The van der Waals surface area contributed by atoms with Crippen LogP contribution < -0.4 is 30.6 Å². The van der Waals surface area contributed by atoms with Gasteiger partial charge < -0.3 is 73.3 Å². The lowest BCUT2D eigenvalue weighted by atomic mass is 10.2. The summed E-state index contributed by atoms with van der Waals surface area (Å²) in [4.78, 5) is 48.4. The Morgan fingerprint density at radius 2 is 0.810 bits per heavy atom. The first-order chi connectivity index (χ1) is 59.4. The molecule has 15 aromatic rings. The molecule has 37 heteroatoms. The van der Waals surface area contributed by atoms with Gasteiger partial charge in [0.1, 0.15) is 39.6 Å². The quantitative estimate of drug-likeness (QED) is 0.0375. The van der Waals surface area contributed by atoms with E-state index < -0.39 is 5.97 Å². The van der Waals surface area contributed by atoms with E-state index in [1.54, 1.807) is 70.0 Å². The normalized spacial score (nSPS) is 16.1. The van der Waals surface area contributed by atoms with Gasteiger partial charge in [0, 0.05) is 111 Å². The molecule has 14 heterocycles. The Morgan fingerprint density at radius 1 is 0.457 bits per heavy atom. The van der Waals surface area contributed by atoms with E-state index >= 15 is 0 Å². The van der Waals surface area contributed by atoms with Crippen molar-refractivity contribution in [3.63, 3.8) is 0 Å². The fourth-order valence-electron chi connectivity index (χ4n) is 12.4. The molecule has 5 fully saturated rings. The van der Waals surface area contributed by atoms with Crippen LogP contribution in [0.5, 0.6) is 17.6 Å². The molecule has 2 amide bonds. The van der Waals surface area contributed by atoms with E-state index in [0.29, 0.717) is 146 Å². The second-order valence-corrected chi connectivity index (χ2v) is 27.9. The van der Waals surface area contributed by atoms with Crippen LogP contribution in [0.2, 0.25) is 0 Å². The topological polar surface area (TPSA) is 452 Å². The second kappa shape index (κ2) is 35.2. The minimum Gasteiger partial charge on any atom is -0.478 e. The number of aromatic nitrogens is 18. The molecule has 0 bridgehead atoms. The van der Waals surface area contributed by atoms with Crippen molar-refractivity contribution in [1.29, 1.82) is 0 Å². The molecular weight excluding hydrogens is 1520 g/mol. The van der Waals surface area contributed by atoms with E-state index in [4.69, 9.17) is 71.6 Å². The van der Waals surface area contributed by atoms with Crippen LogP contribution in [0.25, 0.3) is 83.8 Å². The number of hydrogen-bond acceptors (Lipinski definition) is 30. The van der Waals surface area contributed by atoms with E-state index in [1.165, 1.54) is 29.6 Å². The van der Waals surface area contributed by atoms with Gasteiger partial charge in [-0.05, 0) is 132 Å². The van der Waals surface area contributed by atoms with Gasteiger partial charge in [-0.15, -0.1) is 58.3 Å². The lowest BCUT2D eigenvalue weighted by molar-refractivity contribution is -0.171. The summed E-state index contributed by atoms with van der Waals surface area (Å²) in [5, 5.41) is 81.1. The van der Waals surface area contributed by atoms with Gasteiger partial charge in [-0.2, -0.15) is 13.5 Å². The Balaban J connectivity index is 0.000000159. The van der Waals surface area contributed by atoms with Gasteiger partial charge in [-0.1, -0.05) is 70.1 Å². The van der Waals surface area contributed by atoms with Crippen molar-refractivity contribution in [2.24, 2.45) is 5.73 Å². The molecule has 36 nitrogen and oxygen atoms in total. The predicted molar refractivity (Wildman–Crippen MR) is 421 cm³/mol. The average molecular weight is 1610 g/mol. The van der Waals surface area contributed by atoms with Gasteiger partial charge in [-0.3, -0.25) is 24.5 Å². The largest absolute Gasteiger partial charge is 0.478 e. The molecule has 3 saturated carbocycles. The van der Waals surface area contributed by atoms with Gasteiger partial charge in [0.15, 0.2) is 63.9 Å². The van der Waals surface area contributed by atoms with Crippen LogP contribution in [0.4, 0.5) is 0 Å². The summed E-state index contributed by atoms with van der Waals surface area (Å²) in [6.45, 7) is 2.02. The maximum Gasteiger partial charge on any atom is 0.337 e. The number of aliphatic hydroxyl groups excluding tert-OH is 1. The van der Waals surface area contributed by atoms with Gasteiger partial charge in [0.25, 0.3) is 11.8 Å². The average Bonchev–Trinajstić information content (AvgIpc) is 1.45. The number of nitrogens with two attached hydrogens (primary N) is 1. The number of pyridine rings is 3. The van der Waals surface area contributed by atoms with Crippen LogP contribution in [0.3, 0.4) is 0 Å². The number of carboxylic acid groups (broad SMARTS) is 1. The summed E-state index contributed by atoms with van der Waals surface area (Å²) in [6.07, 6.45) is 16.6. The van der Waals surface area contributed by atoms with Crippen LogP contribution in [-0.4, -0.2) is 162 Å². The number of nitrogens with one attached hydrogen (secondary N) is 2. The van der Waals surface area contributed by atoms with Crippen molar-refractivity contribution >= 4 is 79.4 Å². The van der Waals surface area contributed by atoms with Crippen LogP contribution in [0, 0.1) is 0 Å². The fraction of sp³-hybridized carbons (Fsp3) is 0.316. The van der Waals surface area contributed by atoms with Crippen molar-refractivity contribution in [3.05, 3.63) is 197 Å². The van der Waals surface area contributed by atoms with Crippen molar-refractivity contribution in [1.82, 2.24) is 100 Å². The number of amides is 2. The highest BCUT2D eigenvalue weighted by Gasteiger charge is 2.28. The van der Waals surface area contributed by atoms with Crippen molar-refractivity contribution in [2.45, 2.75) is 147 Å². The summed E-state index contributed by atoms with van der Waals surface area (Å²) in [7, 11) is 0. The molecule has 0 radical (unpaired) electrons. The molecule has 3 aromatic carbocycles. The SMILES string of the molecule is Cl.NC1CC1.O=C(NC1CC1)c1ccc(COc2nn3c(-c4cc(CO)on4)nnc3c3ccccc23)nc1.O=C(NC1CC1)c1ccc(COc2nn3c(-c4cc(COC5CCCCO5)on4)nnc3c3ccccc23)nc1.O=C(O)c1ccc(COc2nn3c(-c4cc(COC5CCCCO5)on4)nnc3c3ccccc23)nc1.[2HH].[2H][2H].[2H][2H].[2H][2H]. The third kappa shape index (κ3) is 18.1. The Hall–Kier alpha value is -13.0. The molecule has 2 aliphatic heterocycles. The van der Waals surface area contributed by atoms with Gasteiger partial charge >= 0.3 is 5.97 Å². The van der Waals surface area contributed by atoms with Gasteiger partial charge in [0.05, 0.1) is 33.8 Å². The molecular formula is C79H84ClN21O15. The highest BCUT2D eigenvalue weighted by Crippen LogP contribution is 2.34. The molecule has 2 atom stereocenters. The summed E-state index contributed by atoms with van der Waals surface area (Å²) in [5.41, 5.74) is 11.2. The van der Waals surface area contributed by atoms with Crippen LogP contribution >= 0.6 is 12.4 Å². The number of carbonyl (C=O) groups excluding carboxylic acids is 2. The van der Waals surface area contributed by atoms with E-state index in [9.17, 15) is 19.5 Å². The lowest BCUT2D eigenvalue weighted by Gasteiger charge is -2.21. The summed E-state index contributed by atoms with van der Waals surface area (Å²) >= 11 is 0. The minimum absolute atomic E-state index is 0. The maximum absolute atomic E-state index is 12.3. The summed E-state index contributed by atoms with van der Waals surface area (Å²) in [5.74, 6) is 2.41. The first kappa shape index (κ1) is 73.2. The molecule has 20 rings (SSSR count). The summed E-state index contributed by atoms with van der Waals surface area (Å²) in [6, 6.07) is 39.2. The number of ether oxygens (including phenoxy) is 7. The number of nitrogens with zero attached hydrogens (tertiary/aromatic N) is 18. The number of aromatic carboxylic acids is 1. The first-order valence-electron chi connectivity index (χ1n) is 40.7. The third-order valence-corrected chi connectivity index (χ3v) is 19.1. The van der Waals surface area contributed by atoms with E-state index in [1.807, 2.05) is 72.8 Å². The number of hydrogen-bond donors (Lipinski definition) is 5. The van der Waals surface area contributed by atoms with Crippen LogP contribution in [-0.2, 0) is 58.6 Å². The predicted octanol–water partition coefficient (Wildman–Crippen LogP) is 11.3. The molecule has 3 aliphatic carbocycles. The molecule has 12 aromatic heterocycles. The van der Waals surface area contributed by atoms with Gasteiger partial charge in [0.2, 0.25) is 35.1 Å². The third-order valence-electron chi connectivity index (χ3n) is 19.1. The monoisotopic (exact) mass is 1610 g/mol. The van der Waals surface area contributed by atoms with Gasteiger partial charge in [-0.25, -0.2) is 4.79 Å². The Labute approximate surface area is 674 Å². The number of carbonyl (C=O) groups is 3. The molecule has 602 valence electrons. The zero-order valence-electron chi connectivity index (χ0n) is 68.1. The number of benzene rings is 3. The molecule has 6 N–H and O–H groups in total. The summed E-state index contributed by atoms with van der Waals surface area (Å²) < 4.78 is 91.7. The molecule has 2 unspecified atom stereocenters. The number of aliphatic hydroxyl groups is 1.